The van der Waals surface area contributed by atoms with Crippen LogP contribution in [0.1, 0.15) is 37.8 Å². The Morgan fingerprint density at radius 3 is 2.57 bits per heavy atom. The topological polar surface area (TPSA) is 66.4 Å². The van der Waals surface area contributed by atoms with Crippen molar-refractivity contribution in [1.29, 1.82) is 0 Å². The van der Waals surface area contributed by atoms with E-state index in [0.717, 1.165) is 19.3 Å². The second kappa shape index (κ2) is 6.74. The van der Waals surface area contributed by atoms with Gasteiger partial charge in [-0.2, -0.15) is 0 Å². The summed E-state index contributed by atoms with van der Waals surface area (Å²) < 4.78 is 0. The van der Waals surface area contributed by atoms with Gasteiger partial charge in [-0.1, -0.05) is 38.1 Å². The molecule has 2 atom stereocenters. The number of benzene rings is 1. The highest BCUT2D eigenvalue weighted by Crippen LogP contribution is 2.27. The Morgan fingerprint density at radius 1 is 1.29 bits per heavy atom. The quantitative estimate of drug-likeness (QED) is 0.874. The van der Waals surface area contributed by atoms with E-state index in [4.69, 9.17) is 5.11 Å². The molecule has 0 radical (unpaired) electrons. The Morgan fingerprint density at radius 2 is 1.95 bits per heavy atom. The molecular formula is C17H23NO3. The summed E-state index contributed by atoms with van der Waals surface area (Å²) in [5.74, 6) is -0.923. The molecule has 0 aliphatic heterocycles. The van der Waals surface area contributed by atoms with Crippen molar-refractivity contribution in [3.05, 3.63) is 35.4 Å². The van der Waals surface area contributed by atoms with Crippen LogP contribution in [-0.4, -0.2) is 23.0 Å². The minimum Gasteiger partial charge on any atom is -0.480 e. The highest BCUT2D eigenvalue weighted by molar-refractivity contribution is 5.83. The molecule has 1 aliphatic carbocycles. The van der Waals surface area contributed by atoms with Crippen LogP contribution in [0.5, 0.6) is 0 Å². The number of fused-ring (bicyclic) bond motifs is 1. The van der Waals surface area contributed by atoms with Crippen LogP contribution in [0.25, 0.3) is 0 Å². The SMILES string of the molecule is CC(C)[C@@H](NC(=O)CC1CCc2ccccc2C1)C(=O)O. The van der Waals surface area contributed by atoms with Crippen LogP contribution in [0.2, 0.25) is 0 Å². The monoisotopic (exact) mass is 289 g/mol. The van der Waals surface area contributed by atoms with Gasteiger partial charge in [-0.25, -0.2) is 4.79 Å². The summed E-state index contributed by atoms with van der Waals surface area (Å²) in [7, 11) is 0. The van der Waals surface area contributed by atoms with Gasteiger partial charge in [0.05, 0.1) is 0 Å². The summed E-state index contributed by atoms with van der Waals surface area (Å²) in [5.41, 5.74) is 2.69. The summed E-state index contributed by atoms with van der Waals surface area (Å²) in [6.45, 7) is 3.60. The second-order valence-electron chi connectivity index (χ2n) is 6.21. The number of carboxylic acids is 1. The standard InChI is InChI=1S/C17H23NO3/c1-11(2)16(17(20)21)18-15(19)10-12-7-8-13-5-3-4-6-14(13)9-12/h3-6,11-12,16H,7-10H2,1-2H3,(H,18,19)(H,20,21)/t12?,16-/m1/s1. The van der Waals surface area contributed by atoms with Gasteiger partial charge in [-0.15, -0.1) is 0 Å². The first-order valence-electron chi connectivity index (χ1n) is 7.56. The Balaban J connectivity index is 1.91. The zero-order valence-corrected chi connectivity index (χ0v) is 12.6. The van der Waals surface area contributed by atoms with Crippen molar-refractivity contribution in [1.82, 2.24) is 5.32 Å². The molecular weight excluding hydrogens is 266 g/mol. The number of rotatable bonds is 5. The van der Waals surface area contributed by atoms with Crippen molar-refractivity contribution in [2.45, 2.75) is 45.6 Å². The van der Waals surface area contributed by atoms with E-state index in [1.54, 1.807) is 13.8 Å². The van der Waals surface area contributed by atoms with E-state index in [2.05, 4.69) is 17.4 Å². The van der Waals surface area contributed by atoms with Gasteiger partial charge in [0.2, 0.25) is 5.91 Å². The molecule has 0 aromatic heterocycles. The maximum Gasteiger partial charge on any atom is 0.326 e. The van der Waals surface area contributed by atoms with E-state index in [0.29, 0.717) is 12.3 Å². The fourth-order valence-corrected chi connectivity index (χ4v) is 2.96. The van der Waals surface area contributed by atoms with Crippen molar-refractivity contribution in [2.75, 3.05) is 0 Å². The van der Waals surface area contributed by atoms with Gasteiger partial charge in [0.1, 0.15) is 6.04 Å². The molecule has 1 unspecified atom stereocenters. The molecule has 2 N–H and O–H groups in total. The van der Waals surface area contributed by atoms with Crippen molar-refractivity contribution in [3.8, 4) is 0 Å². The fourth-order valence-electron chi connectivity index (χ4n) is 2.96. The molecule has 0 fully saturated rings. The lowest BCUT2D eigenvalue weighted by Crippen LogP contribution is -2.45. The predicted molar refractivity (Wildman–Crippen MR) is 81.0 cm³/mol. The van der Waals surface area contributed by atoms with E-state index in [-0.39, 0.29) is 11.8 Å². The predicted octanol–water partition coefficient (Wildman–Crippen LogP) is 2.41. The molecule has 0 bridgehead atoms. The third-order valence-electron chi connectivity index (χ3n) is 4.17. The first kappa shape index (κ1) is 15.5. The lowest BCUT2D eigenvalue weighted by Gasteiger charge is -2.25. The number of hydrogen-bond donors (Lipinski definition) is 2. The van der Waals surface area contributed by atoms with Gasteiger partial charge in [-0.05, 0) is 42.2 Å². The Bertz CT molecular complexity index is 525. The third kappa shape index (κ3) is 4.06. The van der Waals surface area contributed by atoms with Crippen LogP contribution >= 0.6 is 0 Å². The molecule has 1 aromatic carbocycles. The highest BCUT2D eigenvalue weighted by Gasteiger charge is 2.26. The van der Waals surface area contributed by atoms with Gasteiger partial charge in [-0.3, -0.25) is 4.79 Å². The molecule has 0 saturated carbocycles. The summed E-state index contributed by atoms with van der Waals surface area (Å²) >= 11 is 0. The molecule has 21 heavy (non-hydrogen) atoms. The smallest absolute Gasteiger partial charge is 0.326 e. The number of nitrogens with one attached hydrogen (secondary N) is 1. The molecule has 114 valence electrons. The average Bonchev–Trinajstić information content (AvgIpc) is 2.44. The van der Waals surface area contributed by atoms with Gasteiger partial charge in [0, 0.05) is 6.42 Å². The number of hydrogen-bond acceptors (Lipinski definition) is 2. The maximum atomic E-state index is 12.1. The fraction of sp³-hybridized carbons (Fsp3) is 0.529. The molecule has 4 nitrogen and oxygen atoms in total. The Labute approximate surface area is 125 Å². The number of aliphatic carboxylic acids is 1. The lowest BCUT2D eigenvalue weighted by molar-refractivity contribution is -0.143. The first-order valence-corrected chi connectivity index (χ1v) is 7.56. The summed E-state index contributed by atoms with van der Waals surface area (Å²) in [4.78, 5) is 23.2. The summed E-state index contributed by atoms with van der Waals surface area (Å²) in [6, 6.07) is 7.54. The normalized spacial score (nSPS) is 18.9. The number of carbonyl (C=O) groups is 2. The van der Waals surface area contributed by atoms with Gasteiger partial charge < -0.3 is 10.4 Å². The molecule has 0 saturated heterocycles. The minimum atomic E-state index is -0.965. The average molecular weight is 289 g/mol. The number of amides is 1. The highest BCUT2D eigenvalue weighted by atomic mass is 16.4. The van der Waals surface area contributed by atoms with Crippen LogP contribution < -0.4 is 5.32 Å². The Kier molecular flexibility index (Phi) is 4.99. The molecule has 1 aromatic rings. The summed E-state index contributed by atoms with van der Waals surface area (Å²) in [5, 5.41) is 11.8. The van der Waals surface area contributed by atoms with E-state index in [1.165, 1.54) is 11.1 Å². The zero-order valence-electron chi connectivity index (χ0n) is 12.6. The summed E-state index contributed by atoms with van der Waals surface area (Å²) in [6.07, 6.45) is 3.30. The zero-order chi connectivity index (χ0) is 15.4. The number of aryl methyl sites for hydroxylation is 1. The molecule has 0 spiro atoms. The first-order chi connectivity index (χ1) is 9.97. The largest absolute Gasteiger partial charge is 0.480 e. The molecule has 2 rings (SSSR count). The van der Waals surface area contributed by atoms with Gasteiger partial charge in [0.15, 0.2) is 0 Å². The molecule has 0 heterocycles. The van der Waals surface area contributed by atoms with E-state index in [9.17, 15) is 9.59 Å². The van der Waals surface area contributed by atoms with Crippen molar-refractivity contribution in [2.24, 2.45) is 11.8 Å². The minimum absolute atomic E-state index is 0.112. The van der Waals surface area contributed by atoms with Crippen LogP contribution in [0.3, 0.4) is 0 Å². The van der Waals surface area contributed by atoms with Crippen molar-refractivity contribution in [3.63, 3.8) is 0 Å². The second-order valence-corrected chi connectivity index (χ2v) is 6.21. The van der Waals surface area contributed by atoms with E-state index >= 15 is 0 Å². The van der Waals surface area contributed by atoms with Crippen LogP contribution in [0.4, 0.5) is 0 Å². The van der Waals surface area contributed by atoms with E-state index < -0.39 is 12.0 Å². The molecule has 4 heteroatoms. The maximum absolute atomic E-state index is 12.1. The van der Waals surface area contributed by atoms with Crippen LogP contribution in [0.15, 0.2) is 24.3 Å². The molecule has 1 aliphatic rings. The van der Waals surface area contributed by atoms with Crippen LogP contribution in [-0.2, 0) is 22.4 Å². The number of carboxylic acid groups (broad SMARTS) is 1. The van der Waals surface area contributed by atoms with Crippen LogP contribution in [0, 0.1) is 11.8 Å². The van der Waals surface area contributed by atoms with E-state index in [1.807, 2.05) is 12.1 Å². The Hall–Kier alpha value is -1.84. The molecule has 1 amide bonds. The third-order valence-corrected chi connectivity index (χ3v) is 4.17. The van der Waals surface area contributed by atoms with Crippen molar-refractivity contribution < 1.29 is 14.7 Å². The number of carbonyl (C=O) groups excluding carboxylic acids is 1. The van der Waals surface area contributed by atoms with Gasteiger partial charge >= 0.3 is 5.97 Å². The lowest BCUT2D eigenvalue weighted by atomic mass is 9.82. The van der Waals surface area contributed by atoms with Crippen molar-refractivity contribution >= 4 is 11.9 Å². The van der Waals surface area contributed by atoms with Gasteiger partial charge in [0.25, 0.3) is 0 Å².